The maximum Gasteiger partial charge on any atom is 0.387 e. The number of alkyl halides is 2. The van der Waals surface area contributed by atoms with Crippen LogP contribution in [0.25, 0.3) is 0 Å². The number of ether oxygens (including phenoxy) is 1. The minimum atomic E-state index is -3.17. The lowest BCUT2D eigenvalue weighted by molar-refractivity contribution is -0.0501. The number of aldehydes is 1. The SMILES string of the molecule is O=Cc1c(F)cc(OC(F)F)cc1F. The number of halogens is 4. The van der Waals surface area contributed by atoms with Crippen LogP contribution in [0, 0.1) is 11.6 Å². The lowest BCUT2D eigenvalue weighted by Gasteiger charge is -2.05. The molecule has 0 saturated heterocycles. The molecule has 2 nitrogen and oxygen atoms in total. The van der Waals surface area contributed by atoms with Crippen LogP contribution in [0.1, 0.15) is 10.4 Å². The number of hydrogen-bond acceptors (Lipinski definition) is 2. The molecule has 0 N–H and O–H groups in total. The molecule has 0 aromatic heterocycles. The van der Waals surface area contributed by atoms with Crippen LogP contribution in [0.2, 0.25) is 0 Å². The van der Waals surface area contributed by atoms with Gasteiger partial charge in [0.05, 0.1) is 5.56 Å². The average Bonchev–Trinajstić information content (AvgIpc) is 2.01. The normalized spacial score (nSPS) is 10.4. The van der Waals surface area contributed by atoms with Crippen molar-refractivity contribution in [2.75, 3.05) is 0 Å². The van der Waals surface area contributed by atoms with Crippen LogP contribution in [0.3, 0.4) is 0 Å². The van der Waals surface area contributed by atoms with E-state index < -0.39 is 29.6 Å². The van der Waals surface area contributed by atoms with Gasteiger partial charge in [-0.3, -0.25) is 4.79 Å². The molecule has 0 amide bonds. The fraction of sp³-hybridized carbons (Fsp3) is 0.125. The summed E-state index contributed by atoms with van der Waals surface area (Å²) < 4.78 is 52.5. The maximum atomic E-state index is 12.8. The Hall–Kier alpha value is -1.59. The van der Waals surface area contributed by atoms with Crippen LogP contribution in [0.5, 0.6) is 5.75 Å². The highest BCUT2D eigenvalue weighted by molar-refractivity contribution is 5.75. The van der Waals surface area contributed by atoms with Gasteiger partial charge in [0.15, 0.2) is 6.29 Å². The van der Waals surface area contributed by atoms with Crippen LogP contribution in [-0.2, 0) is 0 Å². The highest BCUT2D eigenvalue weighted by Crippen LogP contribution is 2.20. The maximum absolute atomic E-state index is 12.8. The Morgan fingerprint density at radius 2 is 1.71 bits per heavy atom. The summed E-state index contributed by atoms with van der Waals surface area (Å²) in [6.07, 6.45) is -0.0448. The Morgan fingerprint density at radius 3 is 2.07 bits per heavy atom. The average molecular weight is 208 g/mol. The molecule has 0 bridgehead atoms. The predicted octanol–water partition coefficient (Wildman–Crippen LogP) is 2.38. The van der Waals surface area contributed by atoms with Gasteiger partial charge >= 0.3 is 6.61 Å². The van der Waals surface area contributed by atoms with E-state index in [1.54, 1.807) is 0 Å². The van der Waals surface area contributed by atoms with Gasteiger partial charge in [0.25, 0.3) is 0 Å². The molecule has 1 rings (SSSR count). The van der Waals surface area contributed by atoms with Gasteiger partial charge in [-0.2, -0.15) is 8.78 Å². The number of hydrogen-bond donors (Lipinski definition) is 0. The molecule has 1 aromatic carbocycles. The topological polar surface area (TPSA) is 26.3 Å². The molecule has 14 heavy (non-hydrogen) atoms. The quantitative estimate of drug-likeness (QED) is 0.563. The molecule has 0 atom stereocenters. The zero-order valence-electron chi connectivity index (χ0n) is 6.64. The second kappa shape index (κ2) is 4.08. The lowest BCUT2D eigenvalue weighted by Crippen LogP contribution is -2.04. The largest absolute Gasteiger partial charge is 0.435 e. The van der Waals surface area contributed by atoms with Crippen molar-refractivity contribution in [3.63, 3.8) is 0 Å². The summed E-state index contributed by atoms with van der Waals surface area (Å²) in [4.78, 5) is 10.1. The van der Waals surface area contributed by atoms with Gasteiger partial charge in [0.2, 0.25) is 0 Å². The summed E-state index contributed by atoms with van der Waals surface area (Å²) in [5, 5.41) is 0. The summed E-state index contributed by atoms with van der Waals surface area (Å²) in [6.45, 7) is -3.17. The van der Waals surface area contributed by atoms with E-state index in [0.29, 0.717) is 12.1 Å². The Bertz CT molecular complexity index is 328. The molecular formula is C8H4F4O2. The molecule has 76 valence electrons. The van der Waals surface area contributed by atoms with Crippen molar-refractivity contribution in [1.82, 2.24) is 0 Å². The fourth-order valence-corrected chi connectivity index (χ4v) is 0.845. The molecule has 1 aromatic rings. The smallest absolute Gasteiger partial charge is 0.387 e. The van der Waals surface area contributed by atoms with Crippen LogP contribution in [-0.4, -0.2) is 12.9 Å². The molecule has 6 heteroatoms. The third kappa shape index (κ3) is 2.21. The van der Waals surface area contributed by atoms with Crippen molar-refractivity contribution >= 4 is 6.29 Å². The van der Waals surface area contributed by atoms with E-state index in [1.165, 1.54) is 0 Å². The molecule has 0 heterocycles. The van der Waals surface area contributed by atoms with E-state index in [0.717, 1.165) is 0 Å². The Labute approximate surface area is 76.1 Å². The van der Waals surface area contributed by atoms with Gasteiger partial charge in [-0.05, 0) is 0 Å². The summed E-state index contributed by atoms with van der Waals surface area (Å²) in [6, 6.07) is 1.03. The van der Waals surface area contributed by atoms with Crippen molar-refractivity contribution in [3.8, 4) is 5.75 Å². The number of benzene rings is 1. The number of carbonyl (C=O) groups is 1. The molecule has 0 spiro atoms. The number of carbonyl (C=O) groups excluding carboxylic acids is 1. The molecule has 0 unspecified atom stereocenters. The van der Waals surface area contributed by atoms with Gasteiger partial charge in [-0.25, -0.2) is 8.78 Å². The third-order valence-corrected chi connectivity index (χ3v) is 1.40. The first kappa shape index (κ1) is 10.5. The first-order valence-corrected chi connectivity index (χ1v) is 3.43. The molecule has 0 aliphatic heterocycles. The van der Waals surface area contributed by atoms with Crippen LogP contribution >= 0.6 is 0 Å². The van der Waals surface area contributed by atoms with Gasteiger partial charge in [-0.1, -0.05) is 0 Å². The van der Waals surface area contributed by atoms with E-state index >= 15 is 0 Å². The Balaban J connectivity index is 3.07. The van der Waals surface area contributed by atoms with Crippen molar-refractivity contribution < 1.29 is 27.1 Å². The van der Waals surface area contributed by atoms with Crippen molar-refractivity contribution in [3.05, 3.63) is 29.3 Å². The molecule has 0 fully saturated rings. The second-order valence-corrected chi connectivity index (χ2v) is 2.30. The van der Waals surface area contributed by atoms with Gasteiger partial charge < -0.3 is 4.74 Å². The van der Waals surface area contributed by atoms with Crippen molar-refractivity contribution in [1.29, 1.82) is 0 Å². The van der Waals surface area contributed by atoms with Crippen LogP contribution in [0.4, 0.5) is 17.6 Å². The lowest BCUT2D eigenvalue weighted by atomic mass is 10.2. The second-order valence-electron chi connectivity index (χ2n) is 2.30. The standard InChI is InChI=1S/C8H4F4O2/c9-6-1-4(14-8(11)12)2-7(10)5(6)3-13/h1-3,8H. The van der Waals surface area contributed by atoms with E-state index in [-0.39, 0.29) is 6.29 Å². The molecule has 0 saturated carbocycles. The van der Waals surface area contributed by atoms with Crippen LogP contribution in [0.15, 0.2) is 12.1 Å². The number of rotatable bonds is 3. The predicted molar refractivity (Wildman–Crippen MR) is 38.4 cm³/mol. The van der Waals surface area contributed by atoms with Gasteiger partial charge in [0, 0.05) is 12.1 Å². The fourth-order valence-electron chi connectivity index (χ4n) is 0.845. The monoisotopic (exact) mass is 208 g/mol. The first-order chi connectivity index (χ1) is 6.54. The van der Waals surface area contributed by atoms with Crippen LogP contribution < -0.4 is 4.74 Å². The minimum Gasteiger partial charge on any atom is -0.435 e. The highest BCUT2D eigenvalue weighted by atomic mass is 19.3. The van der Waals surface area contributed by atoms with E-state index in [1.807, 2.05) is 0 Å². The highest BCUT2D eigenvalue weighted by Gasteiger charge is 2.13. The zero-order valence-corrected chi connectivity index (χ0v) is 6.64. The Morgan fingerprint density at radius 1 is 1.21 bits per heavy atom. The summed E-state index contributed by atoms with van der Waals surface area (Å²) in [7, 11) is 0. The van der Waals surface area contributed by atoms with E-state index in [4.69, 9.17) is 0 Å². The molecular weight excluding hydrogens is 204 g/mol. The minimum absolute atomic E-state index is 0.0448. The van der Waals surface area contributed by atoms with Gasteiger partial charge in [-0.15, -0.1) is 0 Å². The molecule has 0 aliphatic carbocycles. The van der Waals surface area contributed by atoms with Gasteiger partial charge in [0.1, 0.15) is 17.4 Å². The Kier molecular flexibility index (Phi) is 3.06. The zero-order chi connectivity index (χ0) is 10.7. The molecule has 0 radical (unpaired) electrons. The van der Waals surface area contributed by atoms with Crippen molar-refractivity contribution in [2.45, 2.75) is 6.61 Å². The summed E-state index contributed by atoms with van der Waals surface area (Å²) >= 11 is 0. The summed E-state index contributed by atoms with van der Waals surface area (Å²) in [5.74, 6) is -3.15. The third-order valence-electron chi connectivity index (χ3n) is 1.40. The van der Waals surface area contributed by atoms with Crippen molar-refractivity contribution in [2.24, 2.45) is 0 Å². The van der Waals surface area contributed by atoms with E-state index in [9.17, 15) is 22.4 Å². The van der Waals surface area contributed by atoms with E-state index in [2.05, 4.69) is 4.74 Å². The summed E-state index contributed by atoms with van der Waals surface area (Å²) in [5.41, 5.74) is -0.813. The first-order valence-electron chi connectivity index (χ1n) is 3.43. The molecule has 0 aliphatic rings.